The number of aromatic nitrogens is 1. The molecule has 1 aromatic heterocycles. The maximum atomic E-state index is 13.5. The van der Waals surface area contributed by atoms with Crippen molar-refractivity contribution < 1.29 is 14.8 Å². The highest BCUT2D eigenvalue weighted by Crippen LogP contribution is 2.26. The Bertz CT molecular complexity index is 1110. The Morgan fingerprint density at radius 3 is 2.33 bits per heavy atom. The van der Waals surface area contributed by atoms with E-state index in [2.05, 4.69) is 23.7 Å². The molecule has 2 heterocycles. The van der Waals surface area contributed by atoms with Crippen LogP contribution in [-0.4, -0.2) is 57.0 Å². The summed E-state index contributed by atoms with van der Waals surface area (Å²) in [5.41, 5.74) is 5.65. The molecule has 7 nitrogen and oxygen atoms in total. The monoisotopic (exact) mass is 444 g/mol. The van der Waals surface area contributed by atoms with Gasteiger partial charge >= 0.3 is 0 Å². The minimum atomic E-state index is -0.526. The topological polar surface area (TPSA) is 85.8 Å². The van der Waals surface area contributed by atoms with Crippen LogP contribution in [0.5, 0.6) is 0 Å². The van der Waals surface area contributed by atoms with Crippen molar-refractivity contribution in [3.8, 4) is 11.1 Å². The van der Waals surface area contributed by atoms with Crippen LogP contribution in [0.1, 0.15) is 40.1 Å². The van der Waals surface area contributed by atoms with Crippen LogP contribution in [0.3, 0.4) is 0 Å². The second-order valence-corrected chi connectivity index (χ2v) is 8.51. The van der Waals surface area contributed by atoms with Gasteiger partial charge in [0, 0.05) is 60.8 Å². The molecule has 1 saturated heterocycles. The third kappa shape index (κ3) is 4.94. The average Bonchev–Trinajstić information content (AvgIpc) is 2.86. The van der Waals surface area contributed by atoms with Crippen molar-refractivity contribution in [2.75, 3.05) is 13.1 Å². The maximum Gasteiger partial charge on any atom is 0.274 e. The molecule has 0 unspecified atom stereocenters. The minimum absolute atomic E-state index is 0.0344. The lowest BCUT2D eigenvalue weighted by Gasteiger charge is -2.44. The Labute approximate surface area is 193 Å². The van der Waals surface area contributed by atoms with Crippen LogP contribution >= 0.6 is 0 Å². The first-order valence-corrected chi connectivity index (χ1v) is 11.1. The van der Waals surface area contributed by atoms with Crippen molar-refractivity contribution in [2.24, 2.45) is 0 Å². The van der Waals surface area contributed by atoms with Crippen molar-refractivity contribution >= 4 is 11.8 Å². The summed E-state index contributed by atoms with van der Waals surface area (Å²) in [6.45, 7) is 6.26. The van der Waals surface area contributed by atoms with E-state index >= 15 is 0 Å². The Morgan fingerprint density at radius 2 is 1.70 bits per heavy atom. The first-order chi connectivity index (χ1) is 16.0. The smallest absolute Gasteiger partial charge is 0.274 e. The fraction of sp³-hybridized carbons (Fsp3) is 0.269. The van der Waals surface area contributed by atoms with Crippen molar-refractivity contribution in [1.82, 2.24) is 20.3 Å². The van der Waals surface area contributed by atoms with Crippen LogP contribution in [0.25, 0.3) is 11.1 Å². The van der Waals surface area contributed by atoms with E-state index in [1.807, 2.05) is 53.4 Å². The SMILES string of the molecule is C[C@@H]1CN(C(=O)c2ccccc2-c2cccnc2)C[C@H](C)N1Cc1ccc(C(=O)NO)cc1. The van der Waals surface area contributed by atoms with Gasteiger partial charge in [-0.05, 0) is 49.2 Å². The highest BCUT2D eigenvalue weighted by atomic mass is 16.5. The lowest BCUT2D eigenvalue weighted by Crippen LogP contribution is -2.57. The number of nitrogens with one attached hydrogen (secondary N) is 1. The Hall–Kier alpha value is -3.55. The van der Waals surface area contributed by atoms with Gasteiger partial charge in [-0.1, -0.05) is 36.4 Å². The molecule has 2 atom stereocenters. The summed E-state index contributed by atoms with van der Waals surface area (Å²) in [5, 5.41) is 8.78. The number of amides is 2. The predicted octanol–water partition coefficient (Wildman–Crippen LogP) is 3.60. The fourth-order valence-electron chi connectivity index (χ4n) is 4.48. The van der Waals surface area contributed by atoms with Gasteiger partial charge < -0.3 is 4.90 Å². The Balaban J connectivity index is 1.47. The molecule has 0 bridgehead atoms. The summed E-state index contributed by atoms with van der Waals surface area (Å²) in [7, 11) is 0. The Kier molecular flexibility index (Phi) is 6.82. The van der Waals surface area contributed by atoms with Crippen LogP contribution in [0.2, 0.25) is 0 Å². The summed E-state index contributed by atoms with van der Waals surface area (Å²) in [4.78, 5) is 33.6. The van der Waals surface area contributed by atoms with Crippen LogP contribution < -0.4 is 5.48 Å². The highest BCUT2D eigenvalue weighted by Gasteiger charge is 2.32. The second kappa shape index (κ2) is 9.94. The van der Waals surface area contributed by atoms with Crippen LogP contribution in [0, 0.1) is 0 Å². The van der Waals surface area contributed by atoms with Crippen LogP contribution in [0.15, 0.2) is 73.1 Å². The number of pyridine rings is 1. The molecular weight excluding hydrogens is 416 g/mol. The zero-order valence-corrected chi connectivity index (χ0v) is 18.8. The molecule has 170 valence electrons. The molecule has 2 amide bonds. The van der Waals surface area contributed by atoms with E-state index in [0.717, 1.165) is 23.2 Å². The second-order valence-electron chi connectivity index (χ2n) is 8.51. The summed E-state index contributed by atoms with van der Waals surface area (Å²) < 4.78 is 0. The van der Waals surface area contributed by atoms with Crippen molar-refractivity contribution in [3.63, 3.8) is 0 Å². The van der Waals surface area contributed by atoms with Gasteiger partial charge in [-0.2, -0.15) is 0 Å². The molecule has 2 aromatic carbocycles. The lowest BCUT2D eigenvalue weighted by atomic mass is 9.98. The van der Waals surface area contributed by atoms with Gasteiger partial charge in [0.2, 0.25) is 0 Å². The zero-order valence-electron chi connectivity index (χ0n) is 18.8. The number of hydrogen-bond acceptors (Lipinski definition) is 5. The van der Waals surface area contributed by atoms with E-state index in [9.17, 15) is 9.59 Å². The summed E-state index contributed by atoms with van der Waals surface area (Å²) >= 11 is 0. The fourth-order valence-corrected chi connectivity index (χ4v) is 4.48. The third-order valence-corrected chi connectivity index (χ3v) is 6.20. The van der Waals surface area contributed by atoms with E-state index in [4.69, 9.17) is 5.21 Å². The summed E-state index contributed by atoms with van der Waals surface area (Å²) in [6, 6.07) is 19.1. The molecule has 7 heteroatoms. The number of piperazine rings is 1. The van der Waals surface area contributed by atoms with E-state index < -0.39 is 5.91 Å². The van der Waals surface area contributed by atoms with Gasteiger partial charge in [0.15, 0.2) is 0 Å². The minimum Gasteiger partial charge on any atom is -0.336 e. The van der Waals surface area contributed by atoms with Gasteiger partial charge in [-0.15, -0.1) is 0 Å². The highest BCUT2D eigenvalue weighted by molar-refractivity contribution is 6.01. The summed E-state index contributed by atoms with van der Waals surface area (Å²) in [6.07, 6.45) is 3.51. The standard InChI is InChI=1S/C26H28N4O3/c1-18-15-29(26(32)24-8-4-3-7-23(24)22-6-5-13-27-14-22)16-19(2)30(18)17-20-9-11-21(12-10-20)25(31)28-33/h3-14,18-19,33H,15-17H2,1-2H3,(H,28,31)/t18-,19+. The molecule has 3 aromatic rings. The van der Waals surface area contributed by atoms with Crippen LogP contribution in [0.4, 0.5) is 0 Å². The largest absolute Gasteiger partial charge is 0.336 e. The van der Waals surface area contributed by atoms with Crippen molar-refractivity contribution in [2.45, 2.75) is 32.5 Å². The number of rotatable bonds is 5. The van der Waals surface area contributed by atoms with Crippen molar-refractivity contribution in [3.05, 3.63) is 89.7 Å². The van der Waals surface area contributed by atoms with Gasteiger partial charge in [0.05, 0.1) is 0 Å². The van der Waals surface area contributed by atoms with E-state index in [1.165, 1.54) is 0 Å². The van der Waals surface area contributed by atoms with Gasteiger partial charge in [0.1, 0.15) is 0 Å². The lowest BCUT2D eigenvalue weighted by molar-refractivity contribution is 0.0270. The third-order valence-electron chi connectivity index (χ3n) is 6.20. The first-order valence-electron chi connectivity index (χ1n) is 11.1. The molecule has 0 saturated carbocycles. The van der Waals surface area contributed by atoms with E-state index in [1.54, 1.807) is 30.0 Å². The zero-order chi connectivity index (χ0) is 23.4. The normalized spacial score (nSPS) is 18.7. The molecule has 4 rings (SSSR count). The predicted molar refractivity (Wildman–Crippen MR) is 126 cm³/mol. The van der Waals surface area contributed by atoms with E-state index in [-0.39, 0.29) is 18.0 Å². The number of carbonyl (C=O) groups excluding carboxylic acids is 2. The molecule has 1 aliphatic heterocycles. The number of hydrogen-bond donors (Lipinski definition) is 2. The molecule has 2 N–H and O–H groups in total. The molecule has 0 radical (unpaired) electrons. The molecular formula is C26H28N4O3. The molecule has 1 aliphatic rings. The molecule has 0 aliphatic carbocycles. The van der Waals surface area contributed by atoms with E-state index in [0.29, 0.717) is 24.2 Å². The molecule has 33 heavy (non-hydrogen) atoms. The molecule has 1 fully saturated rings. The number of hydroxylamine groups is 1. The number of nitrogens with zero attached hydrogens (tertiary/aromatic N) is 3. The molecule has 0 spiro atoms. The quantitative estimate of drug-likeness (QED) is 0.464. The van der Waals surface area contributed by atoms with Gasteiger partial charge in [-0.3, -0.25) is 24.7 Å². The van der Waals surface area contributed by atoms with Gasteiger partial charge in [0.25, 0.3) is 11.8 Å². The Morgan fingerprint density at radius 1 is 1.00 bits per heavy atom. The van der Waals surface area contributed by atoms with Crippen molar-refractivity contribution in [1.29, 1.82) is 0 Å². The van der Waals surface area contributed by atoms with Crippen LogP contribution in [-0.2, 0) is 6.54 Å². The first kappa shape index (κ1) is 22.6. The number of carbonyl (C=O) groups is 2. The summed E-state index contributed by atoms with van der Waals surface area (Å²) in [5.74, 6) is -0.492. The number of benzene rings is 2. The van der Waals surface area contributed by atoms with Gasteiger partial charge in [-0.25, -0.2) is 5.48 Å². The average molecular weight is 445 g/mol. The maximum absolute atomic E-state index is 13.5.